The van der Waals surface area contributed by atoms with Crippen LogP contribution >= 0.6 is 0 Å². The van der Waals surface area contributed by atoms with Gasteiger partial charge in [-0.15, -0.1) is 0 Å². The molecular formula is C26H18O. The number of ether oxygens (including phenoxy) is 1. The second-order valence-corrected chi connectivity index (χ2v) is 7.37. The van der Waals surface area contributed by atoms with Gasteiger partial charge in [-0.25, -0.2) is 0 Å². The predicted molar refractivity (Wildman–Crippen MR) is 109 cm³/mol. The van der Waals surface area contributed by atoms with Crippen LogP contribution in [0.4, 0.5) is 0 Å². The van der Waals surface area contributed by atoms with Crippen LogP contribution in [0.25, 0.3) is 22.3 Å². The van der Waals surface area contributed by atoms with Crippen molar-refractivity contribution in [2.75, 3.05) is 0 Å². The highest BCUT2D eigenvalue weighted by molar-refractivity contribution is 5.89. The van der Waals surface area contributed by atoms with Gasteiger partial charge in [-0.2, -0.15) is 0 Å². The number of para-hydroxylation sites is 1. The van der Waals surface area contributed by atoms with Crippen LogP contribution in [0, 0.1) is 6.92 Å². The van der Waals surface area contributed by atoms with E-state index in [0.717, 1.165) is 11.3 Å². The molecule has 1 heteroatoms. The van der Waals surface area contributed by atoms with Crippen LogP contribution in [0.3, 0.4) is 0 Å². The Hall–Kier alpha value is -3.32. The molecule has 0 fully saturated rings. The van der Waals surface area contributed by atoms with Crippen molar-refractivity contribution in [2.45, 2.75) is 12.5 Å². The van der Waals surface area contributed by atoms with Gasteiger partial charge in [0.05, 0.1) is 0 Å². The zero-order valence-electron chi connectivity index (χ0n) is 15.1. The molecule has 1 atom stereocenters. The Labute approximate surface area is 158 Å². The summed E-state index contributed by atoms with van der Waals surface area (Å²) in [6.07, 6.45) is 0. The van der Waals surface area contributed by atoms with E-state index in [1.54, 1.807) is 0 Å². The highest BCUT2D eigenvalue weighted by atomic mass is 16.5. The highest BCUT2D eigenvalue weighted by Crippen LogP contribution is 2.58. The summed E-state index contributed by atoms with van der Waals surface area (Å²) in [4.78, 5) is 0. The minimum Gasteiger partial charge on any atom is -0.472 e. The largest absolute Gasteiger partial charge is 0.472 e. The Morgan fingerprint density at radius 2 is 1.15 bits per heavy atom. The van der Waals surface area contributed by atoms with Gasteiger partial charge in [-0.05, 0) is 35.2 Å². The van der Waals surface area contributed by atoms with Gasteiger partial charge < -0.3 is 4.74 Å². The van der Waals surface area contributed by atoms with Crippen molar-refractivity contribution in [3.63, 3.8) is 0 Å². The van der Waals surface area contributed by atoms with Gasteiger partial charge >= 0.3 is 0 Å². The molecule has 0 aromatic heterocycles. The second-order valence-electron chi connectivity index (χ2n) is 7.37. The van der Waals surface area contributed by atoms with Crippen molar-refractivity contribution in [3.05, 3.63) is 113 Å². The van der Waals surface area contributed by atoms with E-state index in [9.17, 15) is 0 Å². The fraction of sp³-hybridized carbons (Fsp3) is 0.0769. The van der Waals surface area contributed by atoms with Crippen LogP contribution in [-0.4, -0.2) is 0 Å². The zero-order chi connectivity index (χ0) is 18.0. The number of hydrogen-bond acceptors (Lipinski definition) is 1. The van der Waals surface area contributed by atoms with E-state index in [1.165, 1.54) is 38.9 Å². The molecule has 1 aliphatic heterocycles. The first-order valence-corrected chi connectivity index (χ1v) is 9.38. The summed E-state index contributed by atoms with van der Waals surface area (Å²) >= 11 is 0. The molecule has 6 rings (SSSR count). The quantitative estimate of drug-likeness (QED) is 0.362. The molecular weight excluding hydrogens is 328 g/mol. The summed E-state index contributed by atoms with van der Waals surface area (Å²) in [5.74, 6) is 0.945. The maximum atomic E-state index is 6.91. The summed E-state index contributed by atoms with van der Waals surface area (Å²) in [5, 5.41) is 0. The van der Waals surface area contributed by atoms with E-state index in [-0.39, 0.29) is 0 Å². The molecule has 1 spiro atoms. The van der Waals surface area contributed by atoms with Crippen LogP contribution in [-0.2, 0) is 5.60 Å². The maximum absolute atomic E-state index is 6.91. The number of hydrogen-bond donors (Lipinski definition) is 0. The van der Waals surface area contributed by atoms with Gasteiger partial charge in [0.25, 0.3) is 0 Å². The van der Waals surface area contributed by atoms with Crippen molar-refractivity contribution in [2.24, 2.45) is 0 Å². The summed E-state index contributed by atoms with van der Waals surface area (Å²) in [5.41, 5.74) is 9.39. The molecule has 2 aliphatic rings. The molecule has 4 aromatic rings. The van der Waals surface area contributed by atoms with Crippen molar-refractivity contribution < 1.29 is 4.74 Å². The lowest BCUT2D eigenvalue weighted by molar-refractivity contribution is 0.157. The average Bonchev–Trinajstić information content (AvgIpc) is 3.00. The standard InChI is InChI=1S/C26H18O/c1-17-9-8-15-23-25(17)20-12-3-6-14-22(20)26(23)21-13-5-2-10-18(21)19-11-4-7-16-24(19)27-26/h2-16H,1H3. The Bertz CT molecular complexity index is 1220. The molecule has 0 saturated heterocycles. The van der Waals surface area contributed by atoms with Crippen LogP contribution in [0.1, 0.15) is 22.3 Å². The summed E-state index contributed by atoms with van der Waals surface area (Å²) in [6.45, 7) is 2.19. The van der Waals surface area contributed by atoms with Gasteiger partial charge in [0, 0.05) is 22.3 Å². The second kappa shape index (κ2) is 5.11. The normalized spacial score (nSPS) is 18.3. The van der Waals surface area contributed by atoms with Crippen LogP contribution in [0.5, 0.6) is 5.75 Å². The minimum absolute atomic E-state index is 0.594. The molecule has 0 radical (unpaired) electrons. The topological polar surface area (TPSA) is 9.23 Å². The number of fused-ring (bicyclic) bond motifs is 9. The molecule has 4 aromatic carbocycles. The van der Waals surface area contributed by atoms with Gasteiger partial charge in [0.15, 0.2) is 5.60 Å². The first-order chi connectivity index (χ1) is 13.3. The van der Waals surface area contributed by atoms with Crippen molar-refractivity contribution in [1.29, 1.82) is 0 Å². The summed E-state index contributed by atoms with van der Waals surface area (Å²) in [6, 6.07) is 32.3. The lowest BCUT2D eigenvalue weighted by atomic mass is 9.78. The Morgan fingerprint density at radius 3 is 1.96 bits per heavy atom. The molecule has 1 nitrogen and oxygen atoms in total. The molecule has 0 saturated carbocycles. The Morgan fingerprint density at radius 1 is 0.556 bits per heavy atom. The smallest absolute Gasteiger partial charge is 0.186 e. The summed E-state index contributed by atoms with van der Waals surface area (Å²) < 4.78 is 6.91. The molecule has 0 bridgehead atoms. The van der Waals surface area contributed by atoms with E-state index in [2.05, 4.69) is 97.9 Å². The number of aryl methyl sites for hydroxylation is 1. The van der Waals surface area contributed by atoms with E-state index in [1.807, 2.05) is 0 Å². The maximum Gasteiger partial charge on any atom is 0.186 e. The van der Waals surface area contributed by atoms with E-state index >= 15 is 0 Å². The molecule has 128 valence electrons. The van der Waals surface area contributed by atoms with Crippen molar-refractivity contribution in [1.82, 2.24) is 0 Å². The van der Waals surface area contributed by atoms with Gasteiger partial charge in [0.1, 0.15) is 5.75 Å². The molecule has 1 heterocycles. The third-order valence-electron chi connectivity index (χ3n) is 5.97. The van der Waals surface area contributed by atoms with Crippen molar-refractivity contribution >= 4 is 0 Å². The molecule has 0 amide bonds. The molecule has 27 heavy (non-hydrogen) atoms. The summed E-state index contributed by atoms with van der Waals surface area (Å²) in [7, 11) is 0. The monoisotopic (exact) mass is 346 g/mol. The first-order valence-electron chi connectivity index (χ1n) is 9.38. The number of rotatable bonds is 0. The fourth-order valence-corrected chi connectivity index (χ4v) is 4.90. The first kappa shape index (κ1) is 14.8. The number of benzene rings is 4. The highest BCUT2D eigenvalue weighted by Gasteiger charge is 2.50. The molecule has 0 N–H and O–H groups in total. The fourth-order valence-electron chi connectivity index (χ4n) is 4.90. The Balaban J connectivity index is 1.80. The van der Waals surface area contributed by atoms with Gasteiger partial charge in [-0.3, -0.25) is 0 Å². The molecule has 1 unspecified atom stereocenters. The average molecular weight is 346 g/mol. The molecule has 1 aliphatic carbocycles. The van der Waals surface area contributed by atoms with E-state index in [4.69, 9.17) is 4.74 Å². The predicted octanol–water partition coefficient (Wildman–Crippen LogP) is 6.33. The zero-order valence-corrected chi connectivity index (χ0v) is 15.1. The van der Waals surface area contributed by atoms with Crippen LogP contribution in [0.15, 0.2) is 91.0 Å². The third kappa shape index (κ3) is 1.74. The van der Waals surface area contributed by atoms with E-state index in [0.29, 0.717) is 0 Å². The lowest BCUT2D eigenvalue weighted by Gasteiger charge is -2.39. The lowest BCUT2D eigenvalue weighted by Crippen LogP contribution is -2.36. The minimum atomic E-state index is -0.594. The van der Waals surface area contributed by atoms with Gasteiger partial charge in [0.2, 0.25) is 0 Å². The van der Waals surface area contributed by atoms with Gasteiger partial charge in [-0.1, -0.05) is 84.9 Å². The van der Waals surface area contributed by atoms with E-state index < -0.39 is 5.60 Å². The third-order valence-corrected chi connectivity index (χ3v) is 5.97. The van der Waals surface area contributed by atoms with Crippen LogP contribution < -0.4 is 4.74 Å². The SMILES string of the molecule is Cc1cccc2c1-c1ccccc1C21Oc2ccccc2-c2ccccc21. The Kier molecular flexibility index (Phi) is 2.80. The van der Waals surface area contributed by atoms with Crippen LogP contribution in [0.2, 0.25) is 0 Å². The van der Waals surface area contributed by atoms with Crippen molar-refractivity contribution in [3.8, 4) is 28.0 Å².